The van der Waals surface area contributed by atoms with Crippen molar-refractivity contribution in [2.45, 2.75) is 13.3 Å². The van der Waals surface area contributed by atoms with Gasteiger partial charge < -0.3 is 15.0 Å². The largest absolute Gasteiger partial charge is 0.496 e. The third kappa shape index (κ3) is 4.50. The number of nitrogens with one attached hydrogen (secondary N) is 1. The number of carbonyl (C=O) groups excluding carboxylic acids is 1. The molecule has 0 unspecified atom stereocenters. The molecule has 0 bridgehead atoms. The van der Waals surface area contributed by atoms with Crippen molar-refractivity contribution < 1.29 is 14.5 Å². The zero-order valence-electron chi connectivity index (χ0n) is 15.4. The summed E-state index contributed by atoms with van der Waals surface area (Å²) in [5.74, 6) is 0.429. The number of nitrogens with zero attached hydrogens (tertiary/aromatic N) is 2. The molecule has 1 amide bonds. The zero-order chi connectivity index (χ0) is 19.3. The first-order valence-corrected chi connectivity index (χ1v) is 8.21. The number of non-ortho nitro benzene ring substituents is 1. The van der Waals surface area contributed by atoms with Gasteiger partial charge in [-0.2, -0.15) is 0 Å². The predicted molar refractivity (Wildman–Crippen MR) is 101 cm³/mol. The van der Waals surface area contributed by atoms with E-state index in [4.69, 9.17) is 4.74 Å². The van der Waals surface area contributed by atoms with E-state index in [1.807, 2.05) is 25.1 Å². The summed E-state index contributed by atoms with van der Waals surface area (Å²) in [6.07, 6.45) is 0.600. The van der Waals surface area contributed by atoms with Crippen LogP contribution >= 0.6 is 0 Å². The lowest BCUT2D eigenvalue weighted by Crippen LogP contribution is -2.27. The normalized spacial score (nSPS) is 10.3. The van der Waals surface area contributed by atoms with E-state index >= 15 is 0 Å². The van der Waals surface area contributed by atoms with Crippen LogP contribution in [0.1, 0.15) is 21.5 Å². The Morgan fingerprint density at radius 2 is 1.96 bits per heavy atom. The Kier molecular flexibility index (Phi) is 6.16. The minimum atomic E-state index is -0.506. The fraction of sp³-hybridized carbons (Fsp3) is 0.316. The highest BCUT2D eigenvalue weighted by Crippen LogP contribution is 2.24. The van der Waals surface area contributed by atoms with Crippen molar-refractivity contribution in [1.29, 1.82) is 0 Å². The molecule has 0 aliphatic rings. The van der Waals surface area contributed by atoms with Crippen LogP contribution in [0, 0.1) is 17.0 Å². The first-order chi connectivity index (χ1) is 12.3. The van der Waals surface area contributed by atoms with Crippen LogP contribution in [-0.2, 0) is 6.42 Å². The Morgan fingerprint density at radius 1 is 1.23 bits per heavy atom. The van der Waals surface area contributed by atoms with Crippen LogP contribution in [0.2, 0.25) is 0 Å². The minimum absolute atomic E-state index is 0.110. The van der Waals surface area contributed by atoms with Gasteiger partial charge in [-0.15, -0.1) is 0 Å². The summed E-state index contributed by atoms with van der Waals surface area (Å²) in [5, 5.41) is 13.8. The number of anilines is 1. The van der Waals surface area contributed by atoms with E-state index in [0.717, 1.165) is 16.9 Å². The van der Waals surface area contributed by atoms with E-state index in [1.54, 1.807) is 32.2 Å². The number of benzene rings is 2. The lowest BCUT2D eigenvalue weighted by Gasteiger charge is -2.17. The van der Waals surface area contributed by atoms with E-state index in [1.165, 1.54) is 12.1 Å². The molecule has 7 nitrogen and oxygen atoms in total. The van der Waals surface area contributed by atoms with Crippen molar-refractivity contribution >= 4 is 17.3 Å². The van der Waals surface area contributed by atoms with E-state index in [2.05, 4.69) is 5.32 Å². The zero-order valence-corrected chi connectivity index (χ0v) is 15.4. The lowest BCUT2D eigenvalue weighted by atomic mass is 10.1. The second kappa shape index (κ2) is 8.33. The first kappa shape index (κ1) is 19.2. The van der Waals surface area contributed by atoms with E-state index in [-0.39, 0.29) is 17.2 Å². The van der Waals surface area contributed by atoms with Gasteiger partial charge in [0.1, 0.15) is 5.75 Å². The third-order valence-corrected chi connectivity index (χ3v) is 4.03. The quantitative estimate of drug-likeness (QED) is 0.608. The van der Waals surface area contributed by atoms with Crippen LogP contribution < -0.4 is 15.0 Å². The van der Waals surface area contributed by atoms with Crippen LogP contribution in [0.3, 0.4) is 0 Å². The number of hydrogen-bond acceptors (Lipinski definition) is 5. The molecule has 0 atom stereocenters. The number of amides is 1. The van der Waals surface area contributed by atoms with E-state index in [0.29, 0.717) is 18.7 Å². The van der Waals surface area contributed by atoms with E-state index in [9.17, 15) is 14.9 Å². The average Bonchev–Trinajstić information content (AvgIpc) is 2.61. The molecule has 0 aliphatic heterocycles. The van der Waals surface area contributed by atoms with Crippen molar-refractivity contribution in [3.63, 3.8) is 0 Å². The van der Waals surface area contributed by atoms with Gasteiger partial charge in [-0.1, -0.05) is 17.7 Å². The number of rotatable bonds is 7. The molecule has 0 saturated carbocycles. The van der Waals surface area contributed by atoms with Gasteiger partial charge in [0.25, 0.3) is 11.6 Å². The average molecular weight is 357 g/mol. The van der Waals surface area contributed by atoms with Crippen LogP contribution in [0.15, 0.2) is 36.4 Å². The van der Waals surface area contributed by atoms with Gasteiger partial charge in [0.15, 0.2) is 0 Å². The van der Waals surface area contributed by atoms with Crippen molar-refractivity contribution in [1.82, 2.24) is 5.32 Å². The van der Waals surface area contributed by atoms with Gasteiger partial charge in [-0.25, -0.2) is 0 Å². The Bertz CT molecular complexity index is 818. The maximum atomic E-state index is 12.6. The number of methoxy groups -OCH3 is 1. The number of nitro benzene ring substituents is 1. The summed E-state index contributed by atoms with van der Waals surface area (Å²) in [4.78, 5) is 24.8. The minimum Gasteiger partial charge on any atom is -0.496 e. The monoisotopic (exact) mass is 357 g/mol. The Hall–Kier alpha value is -3.09. The smallest absolute Gasteiger partial charge is 0.270 e. The predicted octanol–water partition coefficient (Wildman–Crippen LogP) is 2.95. The first-order valence-electron chi connectivity index (χ1n) is 8.21. The Labute approximate surface area is 152 Å². The van der Waals surface area contributed by atoms with E-state index < -0.39 is 4.92 Å². The molecule has 138 valence electrons. The van der Waals surface area contributed by atoms with Gasteiger partial charge in [0.05, 0.1) is 17.6 Å². The molecule has 0 aromatic heterocycles. The highest BCUT2D eigenvalue weighted by molar-refractivity contribution is 6.00. The summed E-state index contributed by atoms with van der Waals surface area (Å²) in [7, 11) is 5.18. The molecule has 26 heavy (non-hydrogen) atoms. The second-order valence-corrected chi connectivity index (χ2v) is 6.17. The van der Waals surface area contributed by atoms with Gasteiger partial charge in [-0.05, 0) is 31.0 Å². The van der Waals surface area contributed by atoms with Gasteiger partial charge in [0.2, 0.25) is 0 Å². The number of carbonyl (C=O) groups is 1. The van der Waals surface area contributed by atoms with Crippen molar-refractivity contribution in [2.75, 3.05) is 32.6 Å². The molecule has 2 rings (SSSR count). The molecule has 2 aromatic rings. The maximum Gasteiger partial charge on any atom is 0.270 e. The molecular formula is C19H23N3O4. The second-order valence-electron chi connectivity index (χ2n) is 6.17. The molecule has 0 saturated heterocycles. The molecule has 2 aromatic carbocycles. The molecule has 0 aliphatic carbocycles. The van der Waals surface area contributed by atoms with Gasteiger partial charge in [0, 0.05) is 38.5 Å². The summed E-state index contributed by atoms with van der Waals surface area (Å²) in [5.41, 5.74) is 2.91. The molecule has 0 radical (unpaired) electrons. The topological polar surface area (TPSA) is 84.7 Å². The molecule has 0 fully saturated rings. The number of hydrogen-bond donors (Lipinski definition) is 1. The van der Waals surface area contributed by atoms with Crippen LogP contribution in [-0.4, -0.2) is 38.6 Å². The molecular weight excluding hydrogens is 334 g/mol. The Morgan fingerprint density at radius 3 is 2.58 bits per heavy atom. The van der Waals surface area contributed by atoms with Crippen LogP contribution in [0.4, 0.5) is 11.4 Å². The summed E-state index contributed by atoms with van der Waals surface area (Å²) in [6.45, 7) is 2.39. The maximum absolute atomic E-state index is 12.6. The number of aryl methyl sites for hydroxylation is 1. The van der Waals surface area contributed by atoms with Gasteiger partial charge >= 0.3 is 0 Å². The van der Waals surface area contributed by atoms with Crippen LogP contribution in [0.5, 0.6) is 5.75 Å². The summed E-state index contributed by atoms with van der Waals surface area (Å²) >= 11 is 0. The lowest BCUT2D eigenvalue weighted by molar-refractivity contribution is -0.384. The highest BCUT2D eigenvalue weighted by atomic mass is 16.6. The summed E-state index contributed by atoms with van der Waals surface area (Å²) in [6, 6.07) is 10.2. The molecule has 7 heteroatoms. The molecule has 0 heterocycles. The number of ether oxygens (including phenoxy) is 1. The van der Waals surface area contributed by atoms with Gasteiger partial charge in [-0.3, -0.25) is 14.9 Å². The molecule has 0 spiro atoms. The fourth-order valence-electron chi connectivity index (χ4n) is 2.72. The number of nitro groups is 1. The van der Waals surface area contributed by atoms with Crippen LogP contribution in [0.25, 0.3) is 0 Å². The summed E-state index contributed by atoms with van der Waals surface area (Å²) < 4.78 is 5.34. The van der Waals surface area contributed by atoms with Crippen molar-refractivity contribution in [2.24, 2.45) is 0 Å². The Balaban J connectivity index is 2.14. The fourth-order valence-corrected chi connectivity index (χ4v) is 2.72. The molecule has 1 N–H and O–H groups in total. The SMILES string of the molecule is COc1ccc(C)cc1CCNC(=O)c1cc([N+](=O)[O-])ccc1N(C)C. The van der Waals surface area contributed by atoms with Crippen molar-refractivity contribution in [3.05, 3.63) is 63.2 Å². The highest BCUT2D eigenvalue weighted by Gasteiger charge is 2.17. The third-order valence-electron chi connectivity index (χ3n) is 4.03. The van der Waals surface area contributed by atoms with Crippen molar-refractivity contribution in [3.8, 4) is 5.75 Å². The standard InChI is InChI=1S/C19H23N3O4/c1-13-5-8-18(26-4)14(11-13)9-10-20-19(23)16-12-15(22(24)25)6-7-17(16)21(2)3/h5-8,11-12H,9-10H2,1-4H3,(H,20,23).